The quantitative estimate of drug-likeness (QED) is 0.406. The van der Waals surface area contributed by atoms with Crippen molar-refractivity contribution in [2.24, 2.45) is 5.73 Å². The highest BCUT2D eigenvalue weighted by atomic mass is 19.1. The van der Waals surface area contributed by atoms with Crippen LogP contribution < -0.4 is 20.1 Å². The van der Waals surface area contributed by atoms with Crippen LogP contribution in [-0.4, -0.2) is 12.9 Å². The Morgan fingerprint density at radius 3 is 2.38 bits per heavy atom. The van der Waals surface area contributed by atoms with Crippen LogP contribution in [0, 0.1) is 31.0 Å². The molecule has 0 bridgehead atoms. The fourth-order valence-corrected chi connectivity index (χ4v) is 5.50. The number of Topliss-reactive ketones (excluding diaryl/α,β-unsaturated/α-hetero) is 1. The zero-order valence-electron chi connectivity index (χ0n) is 22.3. The van der Waals surface area contributed by atoms with Crippen molar-refractivity contribution >= 4 is 11.5 Å². The molecule has 198 valence electrons. The monoisotopic (exact) mass is 523 g/mol. The second-order valence-electron chi connectivity index (χ2n) is 9.89. The summed E-state index contributed by atoms with van der Waals surface area (Å²) in [5.74, 6) is 0.764. The molecule has 0 aromatic heterocycles. The van der Waals surface area contributed by atoms with Gasteiger partial charge in [0.25, 0.3) is 0 Å². The fourth-order valence-electron chi connectivity index (χ4n) is 5.50. The molecule has 1 heterocycles. The number of ether oxygens (including phenoxy) is 2. The van der Waals surface area contributed by atoms with Crippen LogP contribution in [0.15, 0.2) is 83.3 Å². The van der Waals surface area contributed by atoms with E-state index >= 15 is 0 Å². The minimum absolute atomic E-state index is 0.00428. The summed E-state index contributed by atoms with van der Waals surface area (Å²) in [6.07, 6.45) is 1.72. The molecule has 1 aliphatic carbocycles. The molecule has 7 heteroatoms. The molecule has 2 N–H and O–H groups in total. The number of nitrogens with two attached hydrogens (primary N) is 1. The van der Waals surface area contributed by atoms with E-state index in [0.717, 1.165) is 33.7 Å². The standard InChI is InChI=1S/C32H30FN3O3/c1-19-15-20(2)26(16-21(19)18-39-25-13-11-24(38-3)12-14-25)30-27(17-34)32(35)36(23-9-7-22(33)8-10-23)28-5-4-6-29(37)31(28)30/h7-16,30H,4-6,18,35H2,1-3H3. The van der Waals surface area contributed by atoms with Crippen LogP contribution in [0.4, 0.5) is 10.1 Å². The number of methoxy groups -OCH3 is 1. The first-order valence-electron chi connectivity index (χ1n) is 12.9. The second kappa shape index (κ2) is 10.7. The normalized spacial score (nSPS) is 17.2. The predicted molar refractivity (Wildman–Crippen MR) is 148 cm³/mol. The van der Waals surface area contributed by atoms with Gasteiger partial charge in [-0.25, -0.2) is 4.39 Å². The van der Waals surface area contributed by atoms with Crippen molar-refractivity contribution in [2.45, 2.75) is 45.6 Å². The minimum Gasteiger partial charge on any atom is -0.497 e. The van der Waals surface area contributed by atoms with Gasteiger partial charge >= 0.3 is 0 Å². The van der Waals surface area contributed by atoms with Crippen LogP contribution in [0.1, 0.15) is 47.4 Å². The molecule has 0 saturated heterocycles. The van der Waals surface area contributed by atoms with Crippen molar-refractivity contribution in [3.05, 3.63) is 111 Å². The lowest BCUT2D eigenvalue weighted by Crippen LogP contribution is -2.39. The molecule has 0 spiro atoms. The number of benzene rings is 3. The van der Waals surface area contributed by atoms with E-state index in [4.69, 9.17) is 15.2 Å². The van der Waals surface area contributed by atoms with Crippen molar-refractivity contribution in [2.75, 3.05) is 12.0 Å². The topological polar surface area (TPSA) is 88.6 Å². The minimum atomic E-state index is -0.588. The molecule has 1 unspecified atom stereocenters. The number of carbonyl (C=O) groups is 1. The van der Waals surface area contributed by atoms with Crippen LogP contribution in [0.2, 0.25) is 0 Å². The number of hydrogen-bond acceptors (Lipinski definition) is 6. The Morgan fingerprint density at radius 2 is 1.72 bits per heavy atom. The number of aryl methyl sites for hydroxylation is 2. The molecule has 6 nitrogen and oxygen atoms in total. The highest BCUT2D eigenvalue weighted by Gasteiger charge is 2.41. The number of nitrogens with zero attached hydrogens (tertiary/aromatic N) is 2. The van der Waals surface area contributed by atoms with Gasteiger partial charge in [-0.2, -0.15) is 5.26 Å². The molecule has 5 rings (SSSR count). The molecule has 0 amide bonds. The van der Waals surface area contributed by atoms with Gasteiger partial charge in [0.15, 0.2) is 5.78 Å². The van der Waals surface area contributed by atoms with Crippen LogP contribution in [0.5, 0.6) is 11.5 Å². The van der Waals surface area contributed by atoms with E-state index in [1.54, 1.807) is 24.1 Å². The Labute approximate surface area is 227 Å². The van der Waals surface area contributed by atoms with E-state index in [1.807, 2.05) is 44.2 Å². The average Bonchev–Trinajstić information content (AvgIpc) is 2.93. The lowest BCUT2D eigenvalue weighted by atomic mass is 9.74. The van der Waals surface area contributed by atoms with Gasteiger partial charge in [0.2, 0.25) is 0 Å². The van der Waals surface area contributed by atoms with E-state index in [-0.39, 0.29) is 17.4 Å². The number of hydrogen-bond donors (Lipinski definition) is 1. The van der Waals surface area contributed by atoms with E-state index < -0.39 is 5.92 Å². The zero-order valence-corrected chi connectivity index (χ0v) is 22.3. The molecule has 1 aliphatic heterocycles. The highest BCUT2D eigenvalue weighted by Crippen LogP contribution is 2.47. The van der Waals surface area contributed by atoms with Crippen LogP contribution >= 0.6 is 0 Å². The maximum atomic E-state index is 13.7. The predicted octanol–water partition coefficient (Wildman–Crippen LogP) is 6.33. The van der Waals surface area contributed by atoms with Gasteiger partial charge in [-0.1, -0.05) is 12.1 Å². The summed E-state index contributed by atoms with van der Waals surface area (Å²) in [5.41, 5.74) is 12.8. The molecule has 0 saturated carbocycles. The SMILES string of the molecule is COc1ccc(OCc2cc(C3C(C#N)=C(N)N(c4ccc(F)cc4)C4=C3C(=O)CCC4)c(C)cc2C)cc1. The third kappa shape index (κ3) is 4.86. The van der Waals surface area contributed by atoms with Crippen molar-refractivity contribution in [3.63, 3.8) is 0 Å². The molecular weight excluding hydrogens is 493 g/mol. The van der Waals surface area contributed by atoms with Crippen LogP contribution in [0.25, 0.3) is 0 Å². The largest absolute Gasteiger partial charge is 0.497 e. The summed E-state index contributed by atoms with van der Waals surface area (Å²) >= 11 is 0. The molecule has 0 radical (unpaired) electrons. The summed E-state index contributed by atoms with van der Waals surface area (Å²) in [6.45, 7) is 4.33. The first-order chi connectivity index (χ1) is 18.8. The summed E-state index contributed by atoms with van der Waals surface area (Å²) in [4.78, 5) is 15.2. The summed E-state index contributed by atoms with van der Waals surface area (Å²) in [5, 5.41) is 10.3. The Bertz CT molecular complexity index is 1530. The van der Waals surface area contributed by atoms with Crippen molar-refractivity contribution < 1.29 is 18.7 Å². The second-order valence-corrected chi connectivity index (χ2v) is 9.89. The summed E-state index contributed by atoms with van der Waals surface area (Å²) in [6, 6.07) is 19.7. The van der Waals surface area contributed by atoms with E-state index in [9.17, 15) is 14.4 Å². The highest BCUT2D eigenvalue weighted by molar-refractivity contribution is 6.01. The van der Waals surface area contributed by atoms with Gasteiger partial charge < -0.3 is 15.2 Å². The van der Waals surface area contributed by atoms with Gasteiger partial charge in [-0.15, -0.1) is 0 Å². The van der Waals surface area contributed by atoms with Gasteiger partial charge in [0.1, 0.15) is 29.7 Å². The molecular formula is C32H30FN3O3. The third-order valence-electron chi connectivity index (χ3n) is 7.49. The number of ketones is 1. The number of carbonyl (C=O) groups excluding carboxylic acids is 1. The summed E-state index contributed by atoms with van der Waals surface area (Å²) in [7, 11) is 1.62. The maximum Gasteiger partial charge on any atom is 0.161 e. The van der Waals surface area contributed by atoms with Crippen LogP contribution in [0.3, 0.4) is 0 Å². The Kier molecular flexibility index (Phi) is 7.12. The van der Waals surface area contributed by atoms with Crippen molar-refractivity contribution in [1.82, 2.24) is 0 Å². The summed E-state index contributed by atoms with van der Waals surface area (Å²) < 4.78 is 25.0. The zero-order chi connectivity index (χ0) is 27.7. The molecule has 1 atom stereocenters. The first kappa shape index (κ1) is 26.1. The van der Waals surface area contributed by atoms with E-state index in [2.05, 4.69) is 12.1 Å². The number of halogens is 1. The van der Waals surface area contributed by atoms with E-state index in [0.29, 0.717) is 48.5 Å². The Hall–Kier alpha value is -4.57. The first-order valence-corrected chi connectivity index (χ1v) is 12.9. The van der Waals surface area contributed by atoms with Gasteiger partial charge in [0, 0.05) is 23.4 Å². The Morgan fingerprint density at radius 1 is 1.03 bits per heavy atom. The van der Waals surface area contributed by atoms with E-state index in [1.165, 1.54) is 12.1 Å². The Balaban J connectivity index is 1.59. The van der Waals surface area contributed by atoms with Gasteiger partial charge in [0.05, 0.1) is 24.7 Å². The average molecular weight is 524 g/mol. The van der Waals surface area contributed by atoms with Crippen molar-refractivity contribution in [1.29, 1.82) is 5.26 Å². The fraction of sp³-hybridized carbons (Fsp3) is 0.250. The molecule has 2 aliphatic rings. The third-order valence-corrected chi connectivity index (χ3v) is 7.49. The maximum absolute atomic E-state index is 13.7. The number of anilines is 1. The molecule has 3 aromatic carbocycles. The smallest absolute Gasteiger partial charge is 0.161 e. The van der Waals surface area contributed by atoms with Crippen LogP contribution in [-0.2, 0) is 11.4 Å². The van der Waals surface area contributed by atoms with Gasteiger partial charge in [-0.05, 0) is 97.5 Å². The number of nitriles is 1. The molecule has 3 aromatic rings. The van der Waals surface area contributed by atoms with Crippen molar-refractivity contribution in [3.8, 4) is 17.6 Å². The molecule has 0 fully saturated rings. The van der Waals surface area contributed by atoms with Gasteiger partial charge in [-0.3, -0.25) is 9.69 Å². The number of rotatable bonds is 6. The molecule has 39 heavy (non-hydrogen) atoms. The number of allylic oxidation sites excluding steroid dienone is 3. The lowest BCUT2D eigenvalue weighted by Gasteiger charge is -2.40. The lowest BCUT2D eigenvalue weighted by molar-refractivity contribution is -0.116.